The zero-order valence-electron chi connectivity index (χ0n) is 27.7. The van der Waals surface area contributed by atoms with Gasteiger partial charge in [0, 0.05) is 75.2 Å². The minimum Gasteiger partial charge on any atom is -0.491 e. The molecule has 1 aromatic heterocycles. The van der Waals surface area contributed by atoms with Gasteiger partial charge >= 0.3 is 0 Å². The molecule has 3 saturated heterocycles. The first-order chi connectivity index (χ1) is 22.8. The van der Waals surface area contributed by atoms with Crippen molar-refractivity contribution in [2.45, 2.75) is 71.1 Å². The summed E-state index contributed by atoms with van der Waals surface area (Å²) in [6.07, 6.45) is 7.13. The van der Waals surface area contributed by atoms with Gasteiger partial charge in [-0.2, -0.15) is 0 Å². The van der Waals surface area contributed by atoms with E-state index in [0.29, 0.717) is 37.2 Å². The maximum absolute atomic E-state index is 13.2. The van der Waals surface area contributed by atoms with Crippen molar-refractivity contribution in [1.82, 2.24) is 20.1 Å². The van der Waals surface area contributed by atoms with Crippen LogP contribution < -0.4 is 15.0 Å². The number of benzene rings is 2. The lowest BCUT2D eigenvalue weighted by Crippen LogP contribution is -2.44. The lowest BCUT2D eigenvalue weighted by Gasteiger charge is -2.32. The van der Waals surface area contributed by atoms with E-state index in [0.717, 1.165) is 56.9 Å². The Morgan fingerprint density at radius 1 is 0.809 bits per heavy atom. The number of ketones is 1. The standard InChI is InChI=1S/C38H47N5O4/c1-27(2)47-34-12-5-28(6-13-34)26-41-21-17-32(18-22-41)40-37(45)31-9-14-35(39-25-31)38(46)43-23-15-30(16-24-43)36(44)29-7-10-33(11-8-29)42-19-3-4-20-42/h5-14,25,27,30,32H,3-4,15-24,26H2,1-2H3,(H,40,45). The van der Waals surface area contributed by atoms with Crippen molar-refractivity contribution in [3.8, 4) is 5.75 Å². The number of Topliss-reactive ketones (excluding diaryl/α,β-unsaturated/α-hetero) is 1. The average molecular weight is 638 g/mol. The van der Waals surface area contributed by atoms with Gasteiger partial charge in [-0.15, -0.1) is 0 Å². The summed E-state index contributed by atoms with van der Waals surface area (Å²) in [7, 11) is 0. The second-order valence-corrected chi connectivity index (χ2v) is 13.4. The number of ether oxygens (including phenoxy) is 1. The van der Waals surface area contributed by atoms with Gasteiger partial charge in [-0.1, -0.05) is 12.1 Å². The van der Waals surface area contributed by atoms with E-state index in [2.05, 4.69) is 44.4 Å². The fraction of sp³-hybridized carbons (Fsp3) is 0.474. The van der Waals surface area contributed by atoms with Gasteiger partial charge in [0.2, 0.25) is 0 Å². The van der Waals surface area contributed by atoms with Crippen LogP contribution in [0.3, 0.4) is 0 Å². The molecule has 0 saturated carbocycles. The molecule has 0 bridgehead atoms. The van der Waals surface area contributed by atoms with Gasteiger partial charge < -0.3 is 19.9 Å². The highest BCUT2D eigenvalue weighted by molar-refractivity contribution is 5.99. The van der Waals surface area contributed by atoms with E-state index in [1.165, 1.54) is 30.3 Å². The van der Waals surface area contributed by atoms with Crippen LogP contribution in [0.4, 0.5) is 5.69 Å². The van der Waals surface area contributed by atoms with Crippen LogP contribution in [0.2, 0.25) is 0 Å². The first kappa shape index (κ1) is 32.7. The van der Waals surface area contributed by atoms with Crippen LogP contribution in [-0.2, 0) is 6.54 Å². The Labute approximate surface area is 278 Å². The van der Waals surface area contributed by atoms with E-state index in [-0.39, 0.29) is 35.7 Å². The van der Waals surface area contributed by atoms with E-state index >= 15 is 0 Å². The van der Waals surface area contributed by atoms with Crippen molar-refractivity contribution in [3.05, 3.63) is 89.2 Å². The molecule has 248 valence electrons. The van der Waals surface area contributed by atoms with Gasteiger partial charge in [0.25, 0.3) is 11.8 Å². The molecule has 9 heteroatoms. The first-order valence-electron chi connectivity index (χ1n) is 17.3. The number of hydrogen-bond donors (Lipinski definition) is 1. The maximum Gasteiger partial charge on any atom is 0.272 e. The summed E-state index contributed by atoms with van der Waals surface area (Å²) in [6.45, 7) is 9.94. The molecule has 9 nitrogen and oxygen atoms in total. The molecular weight excluding hydrogens is 590 g/mol. The summed E-state index contributed by atoms with van der Waals surface area (Å²) in [5.74, 6) is 0.640. The maximum atomic E-state index is 13.2. The van der Waals surface area contributed by atoms with Crippen LogP contribution >= 0.6 is 0 Å². The predicted octanol–water partition coefficient (Wildman–Crippen LogP) is 5.60. The Hall–Kier alpha value is -4.24. The summed E-state index contributed by atoms with van der Waals surface area (Å²) in [6, 6.07) is 19.7. The van der Waals surface area contributed by atoms with Crippen molar-refractivity contribution in [3.63, 3.8) is 0 Å². The molecule has 47 heavy (non-hydrogen) atoms. The van der Waals surface area contributed by atoms with E-state index in [1.54, 1.807) is 17.0 Å². The highest BCUT2D eigenvalue weighted by Crippen LogP contribution is 2.26. The van der Waals surface area contributed by atoms with E-state index in [9.17, 15) is 14.4 Å². The van der Waals surface area contributed by atoms with Crippen molar-refractivity contribution in [2.24, 2.45) is 5.92 Å². The molecule has 2 aromatic carbocycles. The molecule has 0 atom stereocenters. The monoisotopic (exact) mass is 637 g/mol. The van der Waals surface area contributed by atoms with E-state index in [4.69, 9.17) is 4.74 Å². The molecule has 0 spiro atoms. The lowest BCUT2D eigenvalue weighted by atomic mass is 9.88. The predicted molar refractivity (Wildman–Crippen MR) is 183 cm³/mol. The van der Waals surface area contributed by atoms with Gasteiger partial charge in [-0.25, -0.2) is 0 Å². The SMILES string of the molecule is CC(C)Oc1ccc(CN2CCC(NC(=O)c3ccc(C(=O)N4CCC(C(=O)c5ccc(N6CCCC6)cc5)CC4)nc3)CC2)cc1. The summed E-state index contributed by atoms with van der Waals surface area (Å²) < 4.78 is 5.74. The number of nitrogens with one attached hydrogen (secondary N) is 1. The van der Waals surface area contributed by atoms with E-state index < -0.39 is 0 Å². The summed E-state index contributed by atoms with van der Waals surface area (Å²) in [4.78, 5) is 50.2. The van der Waals surface area contributed by atoms with E-state index in [1.807, 2.05) is 38.1 Å². The molecule has 0 aliphatic carbocycles. The molecule has 4 heterocycles. The number of carbonyl (C=O) groups excluding carboxylic acids is 3. The lowest BCUT2D eigenvalue weighted by molar-refractivity contribution is 0.0645. The molecular formula is C38H47N5O4. The third kappa shape index (κ3) is 8.38. The second kappa shape index (κ2) is 15.1. The zero-order chi connectivity index (χ0) is 32.8. The number of nitrogens with zero attached hydrogens (tertiary/aromatic N) is 4. The highest BCUT2D eigenvalue weighted by Gasteiger charge is 2.29. The Morgan fingerprint density at radius 3 is 2.09 bits per heavy atom. The van der Waals surface area contributed by atoms with Gasteiger partial charge in [0.1, 0.15) is 11.4 Å². The van der Waals surface area contributed by atoms with Gasteiger partial charge in [-0.3, -0.25) is 24.3 Å². The number of hydrogen-bond acceptors (Lipinski definition) is 7. The Balaban J connectivity index is 0.926. The highest BCUT2D eigenvalue weighted by atomic mass is 16.5. The largest absolute Gasteiger partial charge is 0.491 e. The van der Waals surface area contributed by atoms with Gasteiger partial charge in [-0.05, 0) is 106 Å². The molecule has 0 radical (unpaired) electrons. The molecule has 1 N–H and O–H groups in total. The summed E-state index contributed by atoms with van der Waals surface area (Å²) >= 11 is 0. The third-order valence-electron chi connectivity index (χ3n) is 9.64. The molecule has 3 aliphatic rings. The van der Waals surface area contributed by atoms with Crippen LogP contribution in [0, 0.1) is 5.92 Å². The molecule has 3 aromatic rings. The fourth-order valence-electron chi connectivity index (χ4n) is 6.92. The number of piperidine rings is 2. The number of aromatic nitrogens is 1. The molecule has 3 fully saturated rings. The number of amides is 2. The number of carbonyl (C=O) groups is 3. The molecule has 3 aliphatic heterocycles. The van der Waals surface area contributed by atoms with Crippen molar-refractivity contribution in [2.75, 3.05) is 44.2 Å². The van der Waals surface area contributed by atoms with Gasteiger partial charge in [0.15, 0.2) is 5.78 Å². The smallest absolute Gasteiger partial charge is 0.272 e. The number of rotatable bonds is 10. The minimum atomic E-state index is -0.163. The summed E-state index contributed by atoms with van der Waals surface area (Å²) in [5.41, 5.74) is 3.95. The number of anilines is 1. The zero-order valence-corrected chi connectivity index (χ0v) is 27.7. The number of pyridine rings is 1. The number of likely N-dealkylation sites (tertiary alicyclic amines) is 2. The fourth-order valence-corrected chi connectivity index (χ4v) is 6.92. The first-order valence-corrected chi connectivity index (χ1v) is 17.3. The minimum absolute atomic E-state index is 0.0844. The van der Waals surface area contributed by atoms with Crippen LogP contribution in [-0.4, -0.2) is 83.8 Å². The second-order valence-electron chi connectivity index (χ2n) is 13.4. The van der Waals surface area contributed by atoms with Crippen LogP contribution in [0.15, 0.2) is 66.9 Å². The van der Waals surface area contributed by atoms with Crippen LogP contribution in [0.25, 0.3) is 0 Å². The quantitative estimate of drug-likeness (QED) is 0.289. The average Bonchev–Trinajstić information content (AvgIpc) is 3.65. The molecule has 0 unspecified atom stereocenters. The topological polar surface area (TPSA) is 95.1 Å². The van der Waals surface area contributed by atoms with Gasteiger partial charge in [0.05, 0.1) is 11.7 Å². The van der Waals surface area contributed by atoms with Crippen molar-refractivity contribution >= 4 is 23.3 Å². The molecule has 2 amide bonds. The Kier molecular flexibility index (Phi) is 10.5. The van der Waals surface area contributed by atoms with Crippen LogP contribution in [0.5, 0.6) is 5.75 Å². The Bertz CT molecular complexity index is 1500. The summed E-state index contributed by atoms with van der Waals surface area (Å²) in [5, 5.41) is 3.15. The molecule has 6 rings (SSSR count). The Morgan fingerprint density at radius 2 is 1.47 bits per heavy atom. The van der Waals surface area contributed by atoms with Crippen molar-refractivity contribution < 1.29 is 19.1 Å². The van der Waals surface area contributed by atoms with Crippen LogP contribution in [0.1, 0.15) is 89.1 Å². The third-order valence-corrected chi connectivity index (χ3v) is 9.64. The van der Waals surface area contributed by atoms with Crippen molar-refractivity contribution in [1.29, 1.82) is 0 Å². The normalized spacial score (nSPS) is 18.0.